The molecule has 0 unspecified atom stereocenters. The van der Waals surface area contributed by atoms with Gasteiger partial charge in [-0.25, -0.2) is 9.97 Å². The van der Waals surface area contributed by atoms with E-state index in [1.54, 1.807) is 4.90 Å². The van der Waals surface area contributed by atoms with E-state index >= 15 is 0 Å². The standard InChI is InChI=1S/C26H28N4O/c1-19-24-22(13-8-14-23(24)31)28-26(27-19)30-17-15-29(16-18-30)25(20-9-4-2-5-10-20)21-11-6-3-7-12-21/h2-7,9-12,25H,8,13-18H2,1H3/p+1. The Morgan fingerprint density at radius 3 is 2.10 bits per heavy atom. The molecule has 2 heterocycles. The largest absolute Gasteiger partial charge is 0.330 e. The number of carbonyl (C=O) groups is 1. The summed E-state index contributed by atoms with van der Waals surface area (Å²) in [5, 5.41) is 0. The van der Waals surface area contributed by atoms with Crippen molar-refractivity contribution in [1.29, 1.82) is 0 Å². The highest BCUT2D eigenvalue weighted by Gasteiger charge is 2.31. The first-order valence-electron chi connectivity index (χ1n) is 11.3. The highest BCUT2D eigenvalue weighted by Crippen LogP contribution is 2.25. The topological polar surface area (TPSA) is 50.5 Å². The van der Waals surface area contributed by atoms with Crippen molar-refractivity contribution < 1.29 is 9.69 Å². The van der Waals surface area contributed by atoms with Crippen molar-refractivity contribution in [3.05, 3.63) is 88.7 Å². The Kier molecular flexibility index (Phi) is 5.51. The van der Waals surface area contributed by atoms with E-state index < -0.39 is 0 Å². The van der Waals surface area contributed by atoms with Crippen LogP contribution in [0.4, 0.5) is 5.95 Å². The Balaban J connectivity index is 1.37. The normalized spacial score (nSPS) is 17.1. The SMILES string of the molecule is Cc1nc(N2CC[NH+](C(c3ccccc3)c3ccccc3)CC2)nc2c1C(=O)CCC2. The molecule has 0 spiro atoms. The molecule has 0 bridgehead atoms. The van der Waals surface area contributed by atoms with Crippen LogP contribution < -0.4 is 9.80 Å². The van der Waals surface area contributed by atoms with Crippen LogP contribution in [0.5, 0.6) is 0 Å². The van der Waals surface area contributed by atoms with Gasteiger partial charge in [0.25, 0.3) is 0 Å². The van der Waals surface area contributed by atoms with Crippen LogP contribution in [0.2, 0.25) is 0 Å². The van der Waals surface area contributed by atoms with E-state index in [0.717, 1.165) is 61.9 Å². The zero-order chi connectivity index (χ0) is 21.2. The van der Waals surface area contributed by atoms with Crippen LogP contribution in [0.15, 0.2) is 60.7 Å². The third-order valence-electron chi connectivity index (χ3n) is 6.61. The molecule has 5 rings (SSSR count). The van der Waals surface area contributed by atoms with Crippen molar-refractivity contribution in [2.45, 2.75) is 32.2 Å². The molecule has 1 N–H and O–H groups in total. The van der Waals surface area contributed by atoms with Gasteiger partial charge < -0.3 is 9.80 Å². The highest BCUT2D eigenvalue weighted by atomic mass is 16.1. The molecule has 2 aliphatic rings. The molecule has 5 nitrogen and oxygen atoms in total. The molecule has 5 heteroatoms. The fourth-order valence-corrected chi connectivity index (χ4v) is 5.08. The molecule has 158 valence electrons. The minimum atomic E-state index is 0.202. The lowest BCUT2D eigenvalue weighted by Gasteiger charge is -2.37. The fourth-order valence-electron chi connectivity index (χ4n) is 5.08. The summed E-state index contributed by atoms with van der Waals surface area (Å²) in [5.41, 5.74) is 5.27. The van der Waals surface area contributed by atoms with Crippen LogP contribution >= 0.6 is 0 Å². The van der Waals surface area contributed by atoms with E-state index in [4.69, 9.17) is 9.97 Å². The van der Waals surface area contributed by atoms with E-state index in [-0.39, 0.29) is 5.78 Å². The molecule has 0 atom stereocenters. The van der Waals surface area contributed by atoms with Gasteiger partial charge in [-0.05, 0) is 19.8 Å². The number of ketones is 1. The third-order valence-corrected chi connectivity index (χ3v) is 6.61. The molecule has 1 fully saturated rings. The summed E-state index contributed by atoms with van der Waals surface area (Å²) in [6.07, 6.45) is 2.40. The summed E-state index contributed by atoms with van der Waals surface area (Å²) in [6, 6.07) is 22.0. The summed E-state index contributed by atoms with van der Waals surface area (Å²) in [5.74, 6) is 0.995. The molecule has 1 aliphatic heterocycles. The Labute approximate surface area is 183 Å². The Hall–Kier alpha value is -3.05. The van der Waals surface area contributed by atoms with Gasteiger partial charge in [-0.15, -0.1) is 0 Å². The number of Topliss-reactive ketones (excluding diaryl/α,β-unsaturated/α-hetero) is 1. The zero-order valence-corrected chi connectivity index (χ0v) is 18.1. The maximum Gasteiger partial charge on any atom is 0.226 e. The molecular formula is C26H29N4O+. The van der Waals surface area contributed by atoms with Gasteiger partial charge in [-0.1, -0.05) is 60.7 Å². The minimum Gasteiger partial charge on any atom is -0.330 e. The molecule has 0 radical (unpaired) electrons. The average molecular weight is 414 g/mol. The van der Waals surface area contributed by atoms with Gasteiger partial charge in [0.2, 0.25) is 5.95 Å². The van der Waals surface area contributed by atoms with E-state index in [1.165, 1.54) is 11.1 Å². The fraction of sp³-hybridized carbons (Fsp3) is 0.346. The van der Waals surface area contributed by atoms with Crippen LogP contribution in [0, 0.1) is 6.92 Å². The summed E-state index contributed by atoms with van der Waals surface area (Å²) in [6.45, 7) is 5.82. The maximum atomic E-state index is 12.3. The number of carbonyl (C=O) groups excluding carboxylic acids is 1. The number of hydrogen-bond acceptors (Lipinski definition) is 4. The molecule has 2 aromatic carbocycles. The first-order chi connectivity index (χ1) is 15.2. The molecular weight excluding hydrogens is 384 g/mol. The van der Waals surface area contributed by atoms with E-state index in [9.17, 15) is 4.79 Å². The lowest BCUT2D eigenvalue weighted by molar-refractivity contribution is -0.926. The molecule has 31 heavy (non-hydrogen) atoms. The molecule has 3 aromatic rings. The second-order valence-corrected chi connectivity index (χ2v) is 8.61. The second kappa shape index (κ2) is 8.60. The van der Waals surface area contributed by atoms with Crippen molar-refractivity contribution >= 4 is 11.7 Å². The number of hydrogen-bond donors (Lipinski definition) is 1. The molecule has 1 saturated heterocycles. The quantitative estimate of drug-likeness (QED) is 0.715. The summed E-state index contributed by atoms with van der Waals surface area (Å²) in [4.78, 5) is 25.7. The van der Waals surface area contributed by atoms with Crippen molar-refractivity contribution in [2.75, 3.05) is 31.1 Å². The summed E-state index contributed by atoms with van der Waals surface area (Å²) >= 11 is 0. The second-order valence-electron chi connectivity index (χ2n) is 8.61. The minimum absolute atomic E-state index is 0.202. The molecule has 0 amide bonds. The van der Waals surface area contributed by atoms with Crippen molar-refractivity contribution in [2.24, 2.45) is 0 Å². The summed E-state index contributed by atoms with van der Waals surface area (Å²) in [7, 11) is 0. The molecule has 1 aliphatic carbocycles. The van der Waals surface area contributed by atoms with Gasteiger partial charge in [-0.2, -0.15) is 0 Å². The van der Waals surface area contributed by atoms with Crippen LogP contribution in [0.1, 0.15) is 51.8 Å². The van der Waals surface area contributed by atoms with Gasteiger partial charge in [0.15, 0.2) is 5.78 Å². The average Bonchev–Trinajstić information content (AvgIpc) is 2.81. The highest BCUT2D eigenvalue weighted by molar-refractivity contribution is 5.99. The predicted octanol–water partition coefficient (Wildman–Crippen LogP) is 2.80. The lowest BCUT2D eigenvalue weighted by Crippen LogP contribution is -3.15. The number of rotatable bonds is 4. The number of aryl methyl sites for hydroxylation is 2. The van der Waals surface area contributed by atoms with Crippen LogP contribution in [0.3, 0.4) is 0 Å². The molecule has 0 saturated carbocycles. The van der Waals surface area contributed by atoms with Gasteiger partial charge in [0.1, 0.15) is 6.04 Å². The third kappa shape index (κ3) is 3.98. The zero-order valence-electron chi connectivity index (χ0n) is 18.1. The number of nitrogens with one attached hydrogen (secondary N) is 1. The van der Waals surface area contributed by atoms with Crippen LogP contribution in [0.25, 0.3) is 0 Å². The number of benzene rings is 2. The van der Waals surface area contributed by atoms with Gasteiger partial charge in [-0.3, -0.25) is 4.79 Å². The first-order valence-corrected chi connectivity index (χ1v) is 11.3. The Morgan fingerprint density at radius 1 is 0.871 bits per heavy atom. The number of piperazine rings is 1. The monoisotopic (exact) mass is 413 g/mol. The number of aromatic nitrogens is 2. The van der Waals surface area contributed by atoms with E-state index in [2.05, 4.69) is 65.6 Å². The number of fused-ring (bicyclic) bond motifs is 1. The Morgan fingerprint density at radius 2 is 1.48 bits per heavy atom. The predicted molar refractivity (Wildman–Crippen MR) is 122 cm³/mol. The number of anilines is 1. The number of quaternary nitrogens is 1. The molecule has 1 aromatic heterocycles. The van der Waals surface area contributed by atoms with Gasteiger partial charge in [0, 0.05) is 17.5 Å². The smallest absolute Gasteiger partial charge is 0.226 e. The van der Waals surface area contributed by atoms with Gasteiger partial charge in [0.05, 0.1) is 43.1 Å². The van der Waals surface area contributed by atoms with Gasteiger partial charge >= 0.3 is 0 Å². The van der Waals surface area contributed by atoms with Crippen molar-refractivity contribution in [3.8, 4) is 0 Å². The van der Waals surface area contributed by atoms with E-state index in [1.807, 2.05) is 6.92 Å². The van der Waals surface area contributed by atoms with Crippen molar-refractivity contribution in [1.82, 2.24) is 9.97 Å². The van der Waals surface area contributed by atoms with Crippen LogP contribution in [-0.2, 0) is 6.42 Å². The first kappa shape index (κ1) is 19.9. The van der Waals surface area contributed by atoms with Crippen LogP contribution in [-0.4, -0.2) is 41.9 Å². The summed E-state index contributed by atoms with van der Waals surface area (Å²) < 4.78 is 0. The Bertz CT molecular complexity index is 1020. The van der Waals surface area contributed by atoms with E-state index in [0.29, 0.717) is 12.5 Å². The maximum absolute atomic E-state index is 12.3. The lowest BCUT2D eigenvalue weighted by atomic mass is 9.94. The van der Waals surface area contributed by atoms with Crippen molar-refractivity contribution in [3.63, 3.8) is 0 Å². The number of nitrogens with zero attached hydrogens (tertiary/aromatic N) is 3.